The molecule has 0 saturated heterocycles. The van der Waals surface area contributed by atoms with Crippen LogP contribution in [-0.4, -0.2) is 49.3 Å². The summed E-state index contributed by atoms with van der Waals surface area (Å²) < 4.78 is 10.6. The molecule has 0 heterocycles. The summed E-state index contributed by atoms with van der Waals surface area (Å²) in [6.07, 6.45) is 3.81. The predicted octanol–water partition coefficient (Wildman–Crippen LogP) is 2.08. The SMILES string of the molecule is COc1cccc(C(=O)N(CCCO)C2CCC2)c1OC. The summed E-state index contributed by atoms with van der Waals surface area (Å²) in [6, 6.07) is 5.60. The van der Waals surface area contributed by atoms with E-state index in [9.17, 15) is 4.79 Å². The quantitative estimate of drug-likeness (QED) is 0.836. The molecule has 0 atom stereocenters. The number of methoxy groups -OCH3 is 2. The minimum absolute atomic E-state index is 0.0519. The number of amides is 1. The molecule has 0 aromatic heterocycles. The Hall–Kier alpha value is -1.75. The smallest absolute Gasteiger partial charge is 0.258 e. The number of hydrogen-bond acceptors (Lipinski definition) is 4. The van der Waals surface area contributed by atoms with Gasteiger partial charge in [0.1, 0.15) is 0 Å². The Bertz CT molecular complexity index is 485. The highest BCUT2D eigenvalue weighted by molar-refractivity contribution is 5.98. The molecule has 0 unspecified atom stereocenters. The Morgan fingerprint density at radius 1 is 1.33 bits per heavy atom. The maximum absolute atomic E-state index is 12.8. The number of carbonyl (C=O) groups excluding carboxylic acids is 1. The third kappa shape index (κ3) is 3.29. The first-order valence-corrected chi connectivity index (χ1v) is 7.35. The zero-order valence-electron chi connectivity index (χ0n) is 12.7. The van der Waals surface area contributed by atoms with Crippen molar-refractivity contribution in [3.05, 3.63) is 23.8 Å². The van der Waals surface area contributed by atoms with Gasteiger partial charge in [0.25, 0.3) is 5.91 Å². The minimum atomic E-state index is -0.0519. The zero-order chi connectivity index (χ0) is 15.2. The second kappa shape index (κ2) is 7.31. The Morgan fingerprint density at radius 2 is 2.10 bits per heavy atom. The second-order valence-corrected chi connectivity index (χ2v) is 5.20. The summed E-state index contributed by atoms with van der Waals surface area (Å²) in [6.45, 7) is 0.659. The number of rotatable bonds is 7. The van der Waals surface area contributed by atoms with Crippen LogP contribution in [-0.2, 0) is 0 Å². The Labute approximate surface area is 125 Å². The second-order valence-electron chi connectivity index (χ2n) is 5.20. The van der Waals surface area contributed by atoms with Crippen LogP contribution in [0.25, 0.3) is 0 Å². The average molecular weight is 293 g/mol. The molecule has 0 aliphatic heterocycles. The van der Waals surface area contributed by atoms with Crippen LogP contribution in [0.1, 0.15) is 36.0 Å². The number of ether oxygens (including phenoxy) is 2. The van der Waals surface area contributed by atoms with Gasteiger partial charge in [-0.05, 0) is 37.8 Å². The van der Waals surface area contributed by atoms with Crippen molar-refractivity contribution in [3.63, 3.8) is 0 Å². The Kier molecular flexibility index (Phi) is 5.44. The molecule has 0 spiro atoms. The molecule has 1 aliphatic rings. The molecule has 1 amide bonds. The van der Waals surface area contributed by atoms with E-state index in [0.717, 1.165) is 19.3 Å². The molecule has 1 N–H and O–H groups in total. The molecule has 1 aromatic carbocycles. The van der Waals surface area contributed by atoms with Crippen molar-refractivity contribution in [1.82, 2.24) is 4.90 Å². The molecule has 1 aromatic rings. The first-order valence-electron chi connectivity index (χ1n) is 7.35. The number of benzene rings is 1. The fraction of sp³-hybridized carbons (Fsp3) is 0.562. The summed E-state index contributed by atoms with van der Waals surface area (Å²) in [5.41, 5.74) is 0.515. The van der Waals surface area contributed by atoms with E-state index in [-0.39, 0.29) is 18.6 Å². The highest BCUT2D eigenvalue weighted by atomic mass is 16.5. The van der Waals surface area contributed by atoms with Crippen LogP contribution in [0.15, 0.2) is 18.2 Å². The topological polar surface area (TPSA) is 59.0 Å². The predicted molar refractivity (Wildman–Crippen MR) is 79.9 cm³/mol. The van der Waals surface area contributed by atoms with Crippen molar-refractivity contribution in [2.24, 2.45) is 0 Å². The van der Waals surface area contributed by atoms with E-state index in [0.29, 0.717) is 30.0 Å². The molecule has 21 heavy (non-hydrogen) atoms. The van der Waals surface area contributed by atoms with Crippen LogP contribution >= 0.6 is 0 Å². The van der Waals surface area contributed by atoms with E-state index in [1.165, 1.54) is 7.11 Å². The van der Waals surface area contributed by atoms with E-state index in [1.54, 1.807) is 25.3 Å². The minimum Gasteiger partial charge on any atom is -0.493 e. The summed E-state index contributed by atoms with van der Waals surface area (Å²) in [4.78, 5) is 14.7. The fourth-order valence-electron chi connectivity index (χ4n) is 2.60. The van der Waals surface area contributed by atoms with Gasteiger partial charge in [-0.3, -0.25) is 4.79 Å². The molecule has 1 fully saturated rings. The van der Waals surface area contributed by atoms with Gasteiger partial charge >= 0.3 is 0 Å². The normalized spacial score (nSPS) is 14.4. The third-order valence-electron chi connectivity index (χ3n) is 3.97. The van der Waals surface area contributed by atoms with Crippen molar-refractivity contribution in [1.29, 1.82) is 0 Å². The maximum Gasteiger partial charge on any atom is 0.258 e. The fourth-order valence-corrected chi connectivity index (χ4v) is 2.60. The summed E-state index contributed by atoms with van der Waals surface area (Å²) in [7, 11) is 3.09. The molecule has 116 valence electrons. The van der Waals surface area contributed by atoms with Crippen molar-refractivity contribution in [2.75, 3.05) is 27.4 Å². The molecule has 5 heteroatoms. The zero-order valence-corrected chi connectivity index (χ0v) is 12.7. The van der Waals surface area contributed by atoms with Gasteiger partial charge in [-0.25, -0.2) is 0 Å². The van der Waals surface area contributed by atoms with Crippen LogP contribution in [0.4, 0.5) is 0 Å². The van der Waals surface area contributed by atoms with Crippen LogP contribution < -0.4 is 9.47 Å². The first kappa shape index (κ1) is 15.6. The van der Waals surface area contributed by atoms with Gasteiger partial charge in [0.2, 0.25) is 0 Å². The summed E-state index contributed by atoms with van der Waals surface area (Å²) >= 11 is 0. The lowest BCUT2D eigenvalue weighted by molar-refractivity contribution is 0.0558. The van der Waals surface area contributed by atoms with E-state index >= 15 is 0 Å². The van der Waals surface area contributed by atoms with E-state index in [2.05, 4.69) is 0 Å². The highest BCUT2D eigenvalue weighted by Gasteiger charge is 2.30. The highest BCUT2D eigenvalue weighted by Crippen LogP contribution is 2.33. The van der Waals surface area contributed by atoms with Crippen molar-refractivity contribution < 1.29 is 19.4 Å². The van der Waals surface area contributed by atoms with E-state index in [1.807, 2.05) is 4.90 Å². The lowest BCUT2D eigenvalue weighted by atomic mass is 9.90. The monoisotopic (exact) mass is 293 g/mol. The van der Waals surface area contributed by atoms with Crippen LogP contribution in [0.3, 0.4) is 0 Å². The average Bonchev–Trinajstić information content (AvgIpc) is 2.47. The number of aliphatic hydroxyl groups excluding tert-OH is 1. The summed E-state index contributed by atoms with van der Waals surface area (Å²) in [5.74, 6) is 0.973. The van der Waals surface area contributed by atoms with Gasteiger partial charge in [-0.2, -0.15) is 0 Å². The van der Waals surface area contributed by atoms with Gasteiger partial charge in [-0.1, -0.05) is 6.07 Å². The largest absolute Gasteiger partial charge is 0.493 e. The Balaban J connectivity index is 2.27. The third-order valence-corrected chi connectivity index (χ3v) is 3.97. The van der Waals surface area contributed by atoms with Crippen molar-refractivity contribution in [3.8, 4) is 11.5 Å². The molecular weight excluding hydrogens is 270 g/mol. The molecule has 1 saturated carbocycles. The van der Waals surface area contributed by atoms with Crippen LogP contribution in [0.5, 0.6) is 11.5 Å². The maximum atomic E-state index is 12.8. The number of hydrogen-bond donors (Lipinski definition) is 1. The molecule has 1 aliphatic carbocycles. The van der Waals surface area contributed by atoms with Crippen molar-refractivity contribution in [2.45, 2.75) is 31.7 Å². The number of para-hydroxylation sites is 1. The Morgan fingerprint density at radius 3 is 2.62 bits per heavy atom. The molecule has 2 rings (SSSR count). The number of carbonyl (C=O) groups is 1. The van der Waals surface area contributed by atoms with Gasteiger partial charge in [0.15, 0.2) is 11.5 Å². The standard InChI is InChI=1S/C16H23NO4/c1-20-14-9-4-8-13(15(14)21-2)16(19)17(10-5-11-18)12-6-3-7-12/h4,8-9,12,18H,3,5-7,10-11H2,1-2H3. The van der Waals surface area contributed by atoms with Crippen LogP contribution in [0, 0.1) is 0 Å². The van der Waals surface area contributed by atoms with E-state index in [4.69, 9.17) is 14.6 Å². The molecule has 0 bridgehead atoms. The van der Waals surface area contributed by atoms with Gasteiger partial charge < -0.3 is 19.5 Å². The lowest BCUT2D eigenvalue weighted by Gasteiger charge is -2.38. The molecular formula is C16H23NO4. The lowest BCUT2D eigenvalue weighted by Crippen LogP contribution is -2.45. The van der Waals surface area contributed by atoms with Gasteiger partial charge in [-0.15, -0.1) is 0 Å². The number of aliphatic hydroxyl groups is 1. The molecule has 5 nitrogen and oxygen atoms in total. The van der Waals surface area contributed by atoms with Crippen LogP contribution in [0.2, 0.25) is 0 Å². The summed E-state index contributed by atoms with van der Waals surface area (Å²) in [5, 5.41) is 9.04. The van der Waals surface area contributed by atoms with Crippen molar-refractivity contribution >= 4 is 5.91 Å². The van der Waals surface area contributed by atoms with E-state index < -0.39 is 0 Å². The first-order chi connectivity index (χ1) is 10.2. The van der Waals surface area contributed by atoms with Gasteiger partial charge in [0, 0.05) is 19.2 Å². The van der Waals surface area contributed by atoms with Gasteiger partial charge in [0.05, 0.1) is 19.8 Å². The molecule has 0 radical (unpaired) electrons. The number of nitrogens with zero attached hydrogens (tertiary/aromatic N) is 1.